The van der Waals surface area contributed by atoms with Gasteiger partial charge in [-0.1, -0.05) is 34.1 Å². The molecule has 0 spiro atoms. The lowest BCUT2D eigenvalue weighted by molar-refractivity contribution is -0.385. The Bertz CT molecular complexity index is 686. The Morgan fingerprint density at radius 2 is 1.90 bits per heavy atom. The largest absolute Gasteiger partial charge is 0.295 e. The van der Waals surface area contributed by atoms with Gasteiger partial charge in [-0.15, -0.1) is 11.8 Å². The van der Waals surface area contributed by atoms with Crippen LogP contribution in [0.1, 0.15) is 22.8 Å². The van der Waals surface area contributed by atoms with Crippen LogP contribution in [-0.2, 0) is 5.75 Å². The Morgan fingerprint density at radius 3 is 2.48 bits per heavy atom. The number of rotatable bonds is 5. The molecule has 0 saturated heterocycles. The second kappa shape index (κ2) is 6.87. The Balaban J connectivity index is 2.13. The zero-order chi connectivity index (χ0) is 15.4. The van der Waals surface area contributed by atoms with Crippen molar-refractivity contribution in [2.75, 3.05) is 0 Å². The molecular formula is C15H12BrNO3S. The van der Waals surface area contributed by atoms with Crippen LogP contribution in [0.4, 0.5) is 5.69 Å². The Morgan fingerprint density at radius 1 is 1.24 bits per heavy atom. The van der Waals surface area contributed by atoms with Gasteiger partial charge in [0.1, 0.15) is 0 Å². The molecule has 0 saturated carbocycles. The molecule has 0 fully saturated rings. The van der Waals surface area contributed by atoms with Crippen LogP contribution in [0.2, 0.25) is 0 Å². The van der Waals surface area contributed by atoms with E-state index in [1.807, 2.05) is 12.1 Å². The molecule has 2 aromatic rings. The van der Waals surface area contributed by atoms with Gasteiger partial charge in [0.05, 0.1) is 4.92 Å². The van der Waals surface area contributed by atoms with Gasteiger partial charge in [-0.2, -0.15) is 0 Å². The van der Waals surface area contributed by atoms with Gasteiger partial charge >= 0.3 is 0 Å². The highest BCUT2D eigenvalue weighted by atomic mass is 79.9. The SMILES string of the molecule is CC(=O)c1ccc(SCc2ccc(Br)cc2[N+](=O)[O-])cc1. The third-order valence-electron chi connectivity index (χ3n) is 2.90. The fourth-order valence-corrected chi connectivity index (χ4v) is 3.02. The number of ketones is 1. The summed E-state index contributed by atoms with van der Waals surface area (Å²) < 4.78 is 0.689. The van der Waals surface area contributed by atoms with E-state index in [1.165, 1.54) is 24.8 Å². The molecule has 0 unspecified atom stereocenters. The Labute approximate surface area is 134 Å². The third kappa shape index (κ3) is 4.15. The lowest BCUT2D eigenvalue weighted by Crippen LogP contribution is -1.94. The number of thioether (sulfide) groups is 1. The van der Waals surface area contributed by atoms with E-state index in [2.05, 4.69) is 15.9 Å². The standard InChI is InChI=1S/C15H12BrNO3S/c1-10(18)11-3-6-14(7-4-11)21-9-12-2-5-13(16)8-15(12)17(19)20/h2-8H,9H2,1H3. The summed E-state index contributed by atoms with van der Waals surface area (Å²) in [7, 11) is 0. The van der Waals surface area contributed by atoms with Gasteiger partial charge in [0, 0.05) is 32.3 Å². The van der Waals surface area contributed by atoms with Crippen molar-refractivity contribution in [2.24, 2.45) is 0 Å². The summed E-state index contributed by atoms with van der Waals surface area (Å²) in [5.74, 6) is 0.526. The maximum atomic E-state index is 11.2. The van der Waals surface area contributed by atoms with E-state index in [0.29, 0.717) is 21.4 Å². The molecule has 0 amide bonds. The number of nitrogens with zero attached hydrogens (tertiary/aromatic N) is 1. The highest BCUT2D eigenvalue weighted by molar-refractivity contribution is 9.10. The molecule has 0 heterocycles. The summed E-state index contributed by atoms with van der Waals surface area (Å²) in [6.07, 6.45) is 0. The molecular weight excluding hydrogens is 354 g/mol. The lowest BCUT2D eigenvalue weighted by atomic mass is 10.2. The molecule has 0 aliphatic heterocycles. The van der Waals surface area contributed by atoms with E-state index in [1.54, 1.807) is 24.3 Å². The van der Waals surface area contributed by atoms with Crippen LogP contribution in [-0.4, -0.2) is 10.7 Å². The minimum atomic E-state index is -0.375. The molecule has 2 aromatic carbocycles. The number of carbonyl (C=O) groups is 1. The fourth-order valence-electron chi connectivity index (χ4n) is 1.78. The number of hydrogen-bond acceptors (Lipinski definition) is 4. The van der Waals surface area contributed by atoms with Crippen molar-refractivity contribution in [1.82, 2.24) is 0 Å². The molecule has 0 atom stereocenters. The van der Waals surface area contributed by atoms with Crippen molar-refractivity contribution in [2.45, 2.75) is 17.6 Å². The Kier molecular flexibility index (Phi) is 5.14. The van der Waals surface area contributed by atoms with E-state index in [-0.39, 0.29) is 16.4 Å². The van der Waals surface area contributed by atoms with E-state index < -0.39 is 0 Å². The maximum absolute atomic E-state index is 11.2. The van der Waals surface area contributed by atoms with Crippen LogP contribution < -0.4 is 0 Å². The number of nitro benzene ring substituents is 1. The molecule has 4 nitrogen and oxygen atoms in total. The minimum absolute atomic E-state index is 0.0232. The molecule has 108 valence electrons. The lowest BCUT2D eigenvalue weighted by Gasteiger charge is -2.04. The normalized spacial score (nSPS) is 10.4. The van der Waals surface area contributed by atoms with Crippen LogP contribution in [0.3, 0.4) is 0 Å². The van der Waals surface area contributed by atoms with Crippen LogP contribution in [0.5, 0.6) is 0 Å². The smallest absolute Gasteiger partial charge is 0.274 e. The van der Waals surface area contributed by atoms with Gasteiger partial charge in [0.25, 0.3) is 5.69 Å². The first-order valence-corrected chi connectivity index (χ1v) is 7.92. The van der Waals surface area contributed by atoms with Crippen molar-refractivity contribution in [3.63, 3.8) is 0 Å². The quantitative estimate of drug-likeness (QED) is 0.328. The summed E-state index contributed by atoms with van der Waals surface area (Å²) in [5, 5.41) is 11.0. The topological polar surface area (TPSA) is 60.2 Å². The molecule has 0 bridgehead atoms. The summed E-state index contributed by atoms with van der Waals surface area (Å²) in [6.45, 7) is 1.52. The van der Waals surface area contributed by atoms with Gasteiger partial charge in [0.15, 0.2) is 5.78 Å². The molecule has 21 heavy (non-hydrogen) atoms. The van der Waals surface area contributed by atoms with E-state index in [4.69, 9.17) is 0 Å². The highest BCUT2D eigenvalue weighted by Crippen LogP contribution is 2.30. The number of hydrogen-bond donors (Lipinski definition) is 0. The summed E-state index contributed by atoms with van der Waals surface area (Å²) in [4.78, 5) is 22.8. The zero-order valence-corrected chi connectivity index (χ0v) is 13.6. The van der Waals surface area contributed by atoms with Crippen molar-refractivity contribution in [1.29, 1.82) is 0 Å². The predicted octanol–water partition coefficient (Wildman–Crippen LogP) is 4.85. The van der Waals surface area contributed by atoms with Crippen molar-refractivity contribution in [3.05, 3.63) is 68.2 Å². The number of carbonyl (C=O) groups excluding carboxylic acids is 1. The van der Waals surface area contributed by atoms with E-state index in [9.17, 15) is 14.9 Å². The minimum Gasteiger partial charge on any atom is -0.295 e. The monoisotopic (exact) mass is 365 g/mol. The number of benzene rings is 2. The predicted molar refractivity (Wildman–Crippen MR) is 86.8 cm³/mol. The van der Waals surface area contributed by atoms with Crippen molar-refractivity contribution >= 4 is 39.2 Å². The van der Waals surface area contributed by atoms with Crippen LogP contribution in [0.15, 0.2) is 51.8 Å². The van der Waals surface area contributed by atoms with Gasteiger partial charge < -0.3 is 0 Å². The molecule has 0 aromatic heterocycles. The second-order valence-corrected chi connectivity index (χ2v) is 6.36. The third-order valence-corrected chi connectivity index (χ3v) is 4.45. The first kappa shape index (κ1) is 15.7. The molecule has 6 heteroatoms. The zero-order valence-electron chi connectivity index (χ0n) is 11.2. The molecule has 0 radical (unpaired) electrons. The average molecular weight is 366 g/mol. The van der Waals surface area contributed by atoms with Gasteiger partial charge in [-0.05, 0) is 25.1 Å². The van der Waals surface area contributed by atoms with Gasteiger partial charge in [-0.3, -0.25) is 14.9 Å². The number of nitro groups is 1. The van der Waals surface area contributed by atoms with E-state index >= 15 is 0 Å². The molecule has 0 N–H and O–H groups in total. The van der Waals surface area contributed by atoms with Crippen molar-refractivity contribution in [3.8, 4) is 0 Å². The molecule has 0 aliphatic carbocycles. The maximum Gasteiger partial charge on any atom is 0.274 e. The van der Waals surface area contributed by atoms with Gasteiger partial charge in [0.2, 0.25) is 0 Å². The average Bonchev–Trinajstić information content (AvgIpc) is 2.46. The van der Waals surface area contributed by atoms with Crippen LogP contribution in [0, 0.1) is 10.1 Å². The summed E-state index contributed by atoms with van der Waals surface area (Å²) >= 11 is 4.74. The second-order valence-electron chi connectivity index (χ2n) is 4.40. The van der Waals surface area contributed by atoms with Crippen LogP contribution in [0.25, 0.3) is 0 Å². The number of halogens is 1. The first-order valence-electron chi connectivity index (χ1n) is 6.14. The van der Waals surface area contributed by atoms with Crippen LogP contribution >= 0.6 is 27.7 Å². The fraction of sp³-hybridized carbons (Fsp3) is 0.133. The summed E-state index contributed by atoms with van der Waals surface area (Å²) in [5.41, 5.74) is 1.44. The first-order chi connectivity index (χ1) is 9.97. The summed E-state index contributed by atoms with van der Waals surface area (Å²) in [6, 6.07) is 12.3. The Hall–Kier alpha value is -1.66. The number of Topliss-reactive ketones (excluding diaryl/α,β-unsaturated/α-hetero) is 1. The highest BCUT2D eigenvalue weighted by Gasteiger charge is 2.14. The molecule has 0 aliphatic rings. The van der Waals surface area contributed by atoms with Gasteiger partial charge in [-0.25, -0.2) is 0 Å². The van der Waals surface area contributed by atoms with E-state index in [0.717, 1.165) is 4.90 Å². The van der Waals surface area contributed by atoms with Crippen molar-refractivity contribution < 1.29 is 9.72 Å². The molecule has 2 rings (SSSR count).